The third-order valence-corrected chi connectivity index (χ3v) is 15.8. The van der Waals surface area contributed by atoms with Gasteiger partial charge in [-0.05, 0) is 89.9 Å². The van der Waals surface area contributed by atoms with Crippen molar-refractivity contribution < 1.29 is 89.4 Å². The Hall–Kier alpha value is -3.81. The fourth-order valence-electron chi connectivity index (χ4n) is 10.4. The van der Waals surface area contributed by atoms with Crippen molar-refractivity contribution in [3.63, 3.8) is 0 Å². The molecular weight excluding hydrogens is 1140 g/mol. The van der Waals surface area contributed by atoms with E-state index in [-0.39, 0.29) is 18.9 Å². The first-order valence-electron chi connectivity index (χ1n) is 33.3. The van der Waals surface area contributed by atoms with Crippen molar-refractivity contribution in [2.75, 3.05) is 26.4 Å². The lowest BCUT2D eigenvalue weighted by Crippen LogP contribution is -2.66. The highest BCUT2D eigenvalue weighted by molar-refractivity contribution is 5.76. The van der Waals surface area contributed by atoms with Crippen LogP contribution >= 0.6 is 0 Å². The second kappa shape index (κ2) is 50.7. The van der Waals surface area contributed by atoms with Crippen LogP contribution in [-0.2, 0) is 33.2 Å². The van der Waals surface area contributed by atoms with Gasteiger partial charge in [0.05, 0.1) is 38.6 Å². The minimum absolute atomic E-state index is 0.250. The summed E-state index contributed by atoms with van der Waals surface area (Å²) in [4.78, 5) is 13.2. The van der Waals surface area contributed by atoms with Gasteiger partial charge in [0.2, 0.25) is 5.91 Å². The second-order valence-corrected chi connectivity index (χ2v) is 23.2. The van der Waals surface area contributed by atoms with Crippen molar-refractivity contribution in [1.29, 1.82) is 0 Å². The highest BCUT2D eigenvalue weighted by Crippen LogP contribution is 2.33. The highest BCUT2D eigenvalue weighted by atomic mass is 16.8. The molecule has 3 fully saturated rings. The summed E-state index contributed by atoms with van der Waals surface area (Å²) in [6.07, 6.45) is 43.0. The molecule has 3 heterocycles. The summed E-state index contributed by atoms with van der Waals surface area (Å²) in [5, 5.41) is 119. The lowest BCUT2D eigenvalue weighted by atomic mass is 9.96. The number of hydrogen-bond donors (Lipinski definition) is 12. The van der Waals surface area contributed by atoms with Gasteiger partial charge in [-0.2, -0.15) is 0 Å². The topological polar surface area (TPSA) is 307 Å². The average Bonchev–Trinajstić information content (AvgIpc) is 1.74. The molecule has 0 bridgehead atoms. The molecule has 508 valence electrons. The molecule has 12 N–H and O–H groups in total. The summed E-state index contributed by atoms with van der Waals surface area (Å²) < 4.78 is 34.0. The van der Waals surface area contributed by atoms with Crippen molar-refractivity contribution in [1.82, 2.24) is 5.32 Å². The second-order valence-electron chi connectivity index (χ2n) is 23.2. The predicted molar refractivity (Wildman–Crippen MR) is 346 cm³/mol. The summed E-state index contributed by atoms with van der Waals surface area (Å²) >= 11 is 0. The lowest BCUT2D eigenvalue weighted by molar-refractivity contribution is -0.379. The summed E-state index contributed by atoms with van der Waals surface area (Å²) in [5.41, 5.74) is 0. The average molecular weight is 1260 g/mol. The van der Waals surface area contributed by atoms with E-state index in [1.54, 1.807) is 0 Å². The maximum Gasteiger partial charge on any atom is 0.220 e. The number of allylic oxidation sites excluding steroid dienone is 20. The molecule has 0 aromatic heterocycles. The zero-order valence-corrected chi connectivity index (χ0v) is 53.4. The molecule has 0 aliphatic carbocycles. The number of rotatable bonds is 48. The van der Waals surface area contributed by atoms with Crippen molar-refractivity contribution in [2.24, 2.45) is 0 Å². The van der Waals surface area contributed by atoms with E-state index < -0.39 is 124 Å². The molecular formula is C70H115NO18. The molecule has 3 rings (SSSR count). The van der Waals surface area contributed by atoms with Crippen molar-refractivity contribution >= 4 is 5.91 Å². The van der Waals surface area contributed by atoms with Crippen LogP contribution in [0.3, 0.4) is 0 Å². The van der Waals surface area contributed by atoms with E-state index in [2.05, 4.69) is 134 Å². The molecule has 3 saturated heterocycles. The van der Waals surface area contributed by atoms with Gasteiger partial charge in [-0.25, -0.2) is 0 Å². The minimum Gasteiger partial charge on any atom is -0.394 e. The molecule has 3 aliphatic rings. The van der Waals surface area contributed by atoms with E-state index in [1.807, 2.05) is 6.92 Å². The third-order valence-electron chi connectivity index (χ3n) is 15.8. The Bertz CT molecular complexity index is 2090. The Labute approximate surface area is 531 Å². The van der Waals surface area contributed by atoms with Gasteiger partial charge >= 0.3 is 0 Å². The molecule has 0 saturated carbocycles. The van der Waals surface area contributed by atoms with E-state index in [0.717, 1.165) is 109 Å². The normalized spacial score (nSPS) is 29.0. The van der Waals surface area contributed by atoms with Crippen LogP contribution in [0.25, 0.3) is 0 Å². The number of nitrogens with one attached hydrogen (secondary N) is 1. The number of unbranched alkanes of at least 4 members (excludes halogenated alkanes) is 12. The maximum atomic E-state index is 13.2. The number of aliphatic hydroxyl groups excluding tert-OH is 11. The quantitative estimate of drug-likeness (QED) is 0.0203. The predicted octanol–water partition coefficient (Wildman–Crippen LogP) is 8.04. The molecule has 19 heteroatoms. The number of hydrogen-bond acceptors (Lipinski definition) is 18. The molecule has 89 heavy (non-hydrogen) atoms. The monoisotopic (exact) mass is 1260 g/mol. The van der Waals surface area contributed by atoms with E-state index in [0.29, 0.717) is 19.3 Å². The Morgan fingerprint density at radius 1 is 0.416 bits per heavy atom. The first-order valence-corrected chi connectivity index (χ1v) is 33.3. The number of carbonyl (C=O) groups is 1. The molecule has 3 aliphatic heterocycles. The van der Waals surface area contributed by atoms with Crippen LogP contribution in [0, 0.1) is 0 Å². The van der Waals surface area contributed by atoms with E-state index in [4.69, 9.17) is 28.4 Å². The summed E-state index contributed by atoms with van der Waals surface area (Å²) in [6, 6.07) is -0.892. The van der Waals surface area contributed by atoms with Crippen LogP contribution in [0.5, 0.6) is 0 Å². The third kappa shape index (κ3) is 33.0. The van der Waals surface area contributed by atoms with Gasteiger partial charge in [-0.1, -0.05) is 206 Å². The first kappa shape index (κ1) is 79.4. The maximum absolute atomic E-state index is 13.2. The van der Waals surface area contributed by atoms with Gasteiger partial charge in [0.25, 0.3) is 0 Å². The smallest absolute Gasteiger partial charge is 0.220 e. The molecule has 17 atom stereocenters. The van der Waals surface area contributed by atoms with Crippen molar-refractivity contribution in [3.05, 3.63) is 122 Å². The van der Waals surface area contributed by atoms with Crippen LogP contribution < -0.4 is 5.32 Å². The van der Waals surface area contributed by atoms with Crippen molar-refractivity contribution in [2.45, 2.75) is 285 Å². The van der Waals surface area contributed by atoms with Crippen molar-refractivity contribution in [3.8, 4) is 0 Å². The highest BCUT2D eigenvalue weighted by Gasteiger charge is 2.53. The van der Waals surface area contributed by atoms with Gasteiger partial charge in [0, 0.05) is 6.42 Å². The number of carbonyl (C=O) groups excluding carboxylic acids is 1. The number of aliphatic hydroxyl groups is 11. The largest absolute Gasteiger partial charge is 0.394 e. The zero-order valence-electron chi connectivity index (χ0n) is 53.4. The zero-order chi connectivity index (χ0) is 64.7. The molecule has 0 spiro atoms. The standard InChI is InChI=1S/C70H115NO18/c1-3-5-7-8-9-10-11-12-13-14-15-16-17-18-19-20-21-22-23-24-25-26-27-28-29-30-31-32-33-34-35-36-37-38-39-40-41-42-43-44-46-48-58(76)71-53(54(75)47-45-6-4-2)52-84-68-64(82)61(79)66(56(50-73)86-68)89-70-65(83)62(80)67(57(51-74)87-70)88-69-63(81)60(78)59(77)55(49-72)85-69/h5,7,9-10,12-13,15-16,18-19,21-22,24-25,27-28,30-31,33-34,53-57,59-70,72-75,77-83H,3-4,6,8,11,14,17,20,23,26,29,32,35-52H2,1-2H3,(H,71,76)/b7-5-,10-9-,13-12-,16-15-,19-18-,22-21-,25-24-,28-27-,31-30-,34-33-. The molecule has 0 radical (unpaired) electrons. The molecule has 1 amide bonds. The van der Waals surface area contributed by atoms with Gasteiger partial charge in [0.1, 0.15) is 73.2 Å². The Balaban J connectivity index is 1.23. The van der Waals surface area contributed by atoms with Crippen LogP contribution in [0.4, 0.5) is 0 Å². The molecule has 0 aromatic carbocycles. The molecule has 17 unspecified atom stereocenters. The SMILES string of the molecule is CC/C=C\C/C=C\C/C=C\C/C=C\C/C=C\C/C=C\C/C=C\C/C=C\C/C=C\C/C=C\CCCCCCCCCCCCC(=O)NC(COC1OC(CO)C(OC2OC(CO)C(OC3OC(CO)C(O)C(O)C3O)C(O)C2O)C(O)C1O)C(O)CCCCC. The van der Waals surface area contributed by atoms with Gasteiger partial charge < -0.3 is 89.9 Å². The van der Waals surface area contributed by atoms with Gasteiger partial charge in [0.15, 0.2) is 18.9 Å². The summed E-state index contributed by atoms with van der Waals surface area (Å²) in [5.74, 6) is -0.266. The molecule has 0 aromatic rings. The lowest BCUT2D eigenvalue weighted by Gasteiger charge is -2.48. The fraction of sp³-hybridized carbons (Fsp3) is 0.700. The van der Waals surface area contributed by atoms with E-state index >= 15 is 0 Å². The van der Waals surface area contributed by atoms with Crippen LogP contribution in [-0.4, -0.2) is 193 Å². The minimum atomic E-state index is -1.97. The summed E-state index contributed by atoms with van der Waals surface area (Å²) in [6.45, 7) is 1.45. The van der Waals surface area contributed by atoms with E-state index in [1.165, 1.54) is 32.1 Å². The Kier molecular flexibility index (Phi) is 45.3. The van der Waals surface area contributed by atoms with Crippen LogP contribution in [0.2, 0.25) is 0 Å². The Morgan fingerprint density at radius 2 is 0.775 bits per heavy atom. The molecule has 19 nitrogen and oxygen atoms in total. The first-order chi connectivity index (χ1) is 43.3. The Morgan fingerprint density at radius 3 is 1.19 bits per heavy atom. The van der Waals surface area contributed by atoms with Crippen LogP contribution in [0.1, 0.15) is 181 Å². The van der Waals surface area contributed by atoms with Gasteiger partial charge in [-0.15, -0.1) is 0 Å². The van der Waals surface area contributed by atoms with Crippen LogP contribution in [0.15, 0.2) is 122 Å². The summed E-state index contributed by atoms with van der Waals surface area (Å²) in [7, 11) is 0. The van der Waals surface area contributed by atoms with E-state index in [9.17, 15) is 61.0 Å². The number of amides is 1. The van der Waals surface area contributed by atoms with Gasteiger partial charge in [-0.3, -0.25) is 4.79 Å². The number of ether oxygens (including phenoxy) is 6. The fourth-order valence-corrected chi connectivity index (χ4v) is 10.4.